The first-order valence-electron chi connectivity index (χ1n) is 2.06. The van der Waals surface area contributed by atoms with Crippen molar-refractivity contribution in [2.45, 2.75) is 6.92 Å². The molecule has 3 heteroatoms. The summed E-state index contributed by atoms with van der Waals surface area (Å²) >= 11 is 0. The van der Waals surface area contributed by atoms with Crippen molar-refractivity contribution in [1.82, 2.24) is 5.43 Å². The molecule has 3 nitrogen and oxygen atoms in total. The first-order chi connectivity index (χ1) is 3.31. The molecule has 0 bridgehead atoms. The highest BCUT2D eigenvalue weighted by Gasteiger charge is 1.93. The molecule has 0 aliphatic heterocycles. The summed E-state index contributed by atoms with van der Waals surface area (Å²) in [5.74, 6) is 4.75. The zero-order valence-electron chi connectivity index (χ0n) is 4.22. The third-order valence-corrected chi connectivity index (χ3v) is 0.574. The lowest BCUT2D eigenvalue weighted by atomic mass is 10.2. The molecule has 1 unspecified atom stereocenters. The smallest absolute Gasteiger partial charge is 0.124 e. The van der Waals surface area contributed by atoms with Crippen molar-refractivity contribution < 1.29 is 4.79 Å². The Morgan fingerprint density at radius 1 is 1.86 bits per heavy atom. The van der Waals surface area contributed by atoms with E-state index in [2.05, 4.69) is 5.43 Å². The number of carbonyl (C=O) groups excluding carboxylic acids is 1. The number of hydrogen-bond donors (Lipinski definition) is 2. The van der Waals surface area contributed by atoms with E-state index in [1.54, 1.807) is 6.92 Å². The molecule has 0 saturated carbocycles. The zero-order chi connectivity index (χ0) is 5.70. The molecule has 1 radical (unpaired) electrons. The fourth-order valence-electron chi connectivity index (χ4n) is 0.191. The molecule has 3 N–H and O–H groups in total. The van der Waals surface area contributed by atoms with Gasteiger partial charge in [-0.3, -0.25) is 11.3 Å². The maximum Gasteiger partial charge on any atom is 0.124 e. The molecule has 0 aliphatic carbocycles. The van der Waals surface area contributed by atoms with Gasteiger partial charge in [-0.15, -0.1) is 0 Å². The van der Waals surface area contributed by atoms with E-state index in [1.807, 2.05) is 0 Å². The average molecular weight is 101 g/mol. The van der Waals surface area contributed by atoms with Gasteiger partial charge < -0.3 is 4.79 Å². The van der Waals surface area contributed by atoms with Crippen molar-refractivity contribution in [2.75, 3.05) is 0 Å². The Bertz CT molecular complexity index is 55.7. The second kappa shape index (κ2) is 3.77. The van der Waals surface area contributed by atoms with E-state index < -0.39 is 0 Å². The third-order valence-electron chi connectivity index (χ3n) is 0.574. The molecule has 1 atom stereocenters. The molecule has 0 saturated heterocycles. The van der Waals surface area contributed by atoms with Gasteiger partial charge in [-0.25, -0.2) is 0 Å². The molecule has 0 amide bonds. The van der Waals surface area contributed by atoms with Crippen LogP contribution >= 0.6 is 0 Å². The Balaban J connectivity index is 2.98. The molecule has 0 aromatic heterocycles. The molecule has 0 aliphatic rings. The van der Waals surface area contributed by atoms with Crippen LogP contribution in [0, 0.1) is 12.5 Å². The fourth-order valence-corrected chi connectivity index (χ4v) is 0.191. The van der Waals surface area contributed by atoms with Gasteiger partial charge >= 0.3 is 0 Å². The average Bonchev–Trinajstić information content (AvgIpc) is 1.68. The van der Waals surface area contributed by atoms with Gasteiger partial charge in [0.2, 0.25) is 0 Å². The van der Waals surface area contributed by atoms with Crippen molar-refractivity contribution >= 4 is 6.29 Å². The standard InChI is InChI=1S/C4H9N2O/c1-4(3-7)2-6-5/h2-4,6H,5H2,1H3. The van der Waals surface area contributed by atoms with Crippen LogP contribution in [-0.2, 0) is 4.79 Å². The molecular formula is C4H9N2O. The van der Waals surface area contributed by atoms with E-state index in [0.29, 0.717) is 0 Å². The molecule has 0 fully saturated rings. The molecule has 0 rings (SSSR count). The molecule has 0 aromatic rings. The van der Waals surface area contributed by atoms with Crippen LogP contribution in [0.3, 0.4) is 0 Å². The minimum Gasteiger partial charge on any atom is -0.303 e. The van der Waals surface area contributed by atoms with Crippen LogP contribution in [0.4, 0.5) is 0 Å². The number of hydrogen-bond acceptors (Lipinski definition) is 3. The quantitative estimate of drug-likeness (QED) is 0.285. The lowest BCUT2D eigenvalue weighted by Gasteiger charge is -1.96. The third kappa shape index (κ3) is 3.42. The summed E-state index contributed by atoms with van der Waals surface area (Å²) in [6, 6.07) is 0. The first kappa shape index (κ1) is 6.59. The van der Waals surface area contributed by atoms with E-state index in [1.165, 1.54) is 6.54 Å². The number of hydrazine groups is 1. The molecule has 7 heavy (non-hydrogen) atoms. The molecule has 0 spiro atoms. The Morgan fingerprint density at radius 2 is 2.43 bits per heavy atom. The summed E-state index contributed by atoms with van der Waals surface area (Å²) in [7, 11) is 0. The van der Waals surface area contributed by atoms with Gasteiger partial charge in [0.15, 0.2) is 0 Å². The van der Waals surface area contributed by atoms with Crippen LogP contribution in [0.1, 0.15) is 6.92 Å². The Labute approximate surface area is 42.9 Å². The normalized spacial score (nSPS) is 13.4. The highest BCUT2D eigenvalue weighted by atomic mass is 16.1. The van der Waals surface area contributed by atoms with E-state index in [0.717, 1.165) is 6.29 Å². The minimum absolute atomic E-state index is 0.0926. The molecule has 0 heterocycles. The predicted octanol–water partition coefficient (Wildman–Crippen LogP) is -0.554. The summed E-state index contributed by atoms with van der Waals surface area (Å²) in [4.78, 5) is 9.77. The van der Waals surface area contributed by atoms with E-state index in [-0.39, 0.29) is 5.92 Å². The van der Waals surface area contributed by atoms with Crippen molar-refractivity contribution in [3.63, 3.8) is 0 Å². The number of carbonyl (C=O) groups is 1. The van der Waals surface area contributed by atoms with Crippen molar-refractivity contribution in [1.29, 1.82) is 0 Å². The maximum absolute atomic E-state index is 9.77. The van der Waals surface area contributed by atoms with Crippen LogP contribution < -0.4 is 11.3 Å². The van der Waals surface area contributed by atoms with Crippen LogP contribution in [0.25, 0.3) is 0 Å². The van der Waals surface area contributed by atoms with Gasteiger partial charge in [0, 0.05) is 12.5 Å². The Hall–Kier alpha value is -0.410. The monoisotopic (exact) mass is 101 g/mol. The molecule has 0 aromatic carbocycles. The van der Waals surface area contributed by atoms with Gasteiger partial charge in [0.1, 0.15) is 6.29 Å². The summed E-state index contributed by atoms with van der Waals surface area (Å²) in [6.07, 6.45) is 0.805. The largest absolute Gasteiger partial charge is 0.303 e. The summed E-state index contributed by atoms with van der Waals surface area (Å²) in [5, 5.41) is 0. The van der Waals surface area contributed by atoms with Gasteiger partial charge in [-0.1, -0.05) is 6.92 Å². The van der Waals surface area contributed by atoms with E-state index >= 15 is 0 Å². The van der Waals surface area contributed by atoms with Gasteiger partial charge in [0.05, 0.1) is 0 Å². The van der Waals surface area contributed by atoms with Crippen LogP contribution in [-0.4, -0.2) is 6.29 Å². The first-order valence-corrected chi connectivity index (χ1v) is 2.06. The van der Waals surface area contributed by atoms with E-state index in [4.69, 9.17) is 5.84 Å². The topological polar surface area (TPSA) is 55.1 Å². The summed E-state index contributed by atoms with van der Waals surface area (Å²) < 4.78 is 0. The Kier molecular flexibility index (Phi) is 3.55. The minimum atomic E-state index is -0.0926. The van der Waals surface area contributed by atoms with Crippen LogP contribution in [0.2, 0.25) is 0 Å². The molecular weight excluding hydrogens is 92.1 g/mol. The van der Waals surface area contributed by atoms with Gasteiger partial charge in [-0.05, 0) is 0 Å². The predicted molar refractivity (Wildman–Crippen MR) is 26.9 cm³/mol. The summed E-state index contributed by atoms with van der Waals surface area (Å²) in [6.45, 7) is 3.25. The number of nitrogens with two attached hydrogens (primary N) is 1. The maximum atomic E-state index is 9.77. The highest BCUT2D eigenvalue weighted by molar-refractivity contribution is 5.54. The Morgan fingerprint density at radius 3 is 2.57 bits per heavy atom. The van der Waals surface area contributed by atoms with Gasteiger partial charge in [-0.2, -0.15) is 0 Å². The number of aldehydes is 1. The number of nitrogens with one attached hydrogen (secondary N) is 1. The lowest BCUT2D eigenvalue weighted by molar-refractivity contribution is -0.110. The zero-order valence-corrected chi connectivity index (χ0v) is 4.22. The summed E-state index contributed by atoms with van der Waals surface area (Å²) in [5.41, 5.74) is 2.26. The van der Waals surface area contributed by atoms with Crippen molar-refractivity contribution in [2.24, 2.45) is 11.8 Å². The SMILES string of the molecule is CC([CH]NN)C=O. The van der Waals surface area contributed by atoms with Crippen molar-refractivity contribution in [3.8, 4) is 0 Å². The lowest BCUT2D eigenvalue weighted by Crippen LogP contribution is -2.22. The fraction of sp³-hybridized carbons (Fsp3) is 0.500. The van der Waals surface area contributed by atoms with Crippen molar-refractivity contribution in [3.05, 3.63) is 6.54 Å². The second-order valence-corrected chi connectivity index (χ2v) is 1.33. The highest BCUT2D eigenvalue weighted by Crippen LogP contribution is 1.86. The van der Waals surface area contributed by atoms with Gasteiger partial charge in [0.25, 0.3) is 0 Å². The number of rotatable bonds is 3. The van der Waals surface area contributed by atoms with Crippen LogP contribution in [0.15, 0.2) is 0 Å². The van der Waals surface area contributed by atoms with Crippen LogP contribution in [0.5, 0.6) is 0 Å². The molecule has 41 valence electrons. The van der Waals surface area contributed by atoms with E-state index in [9.17, 15) is 4.79 Å². The second-order valence-electron chi connectivity index (χ2n) is 1.33.